The summed E-state index contributed by atoms with van der Waals surface area (Å²) in [5.41, 5.74) is 0.436. The number of nitrogens with zero attached hydrogens (tertiary/aromatic N) is 2. The summed E-state index contributed by atoms with van der Waals surface area (Å²) in [5.74, 6) is -1.47. The Bertz CT molecular complexity index is 3140. The van der Waals surface area contributed by atoms with Crippen molar-refractivity contribution in [1.29, 1.82) is 0 Å². The van der Waals surface area contributed by atoms with E-state index in [0.717, 1.165) is 40.3 Å². The summed E-state index contributed by atoms with van der Waals surface area (Å²) >= 11 is 0. The fraction of sp³-hybridized carbons (Fsp3) is 0.107. The zero-order chi connectivity index (χ0) is 50.0. The molecule has 0 atom stereocenters. The number of rotatable bonds is 6. The van der Waals surface area contributed by atoms with E-state index < -0.39 is 57.8 Å². The molecule has 0 spiro atoms. The molecule has 0 unspecified atom stereocenters. The third kappa shape index (κ3) is 9.63. The smallest absolute Gasteiger partial charge is 0.308 e. The zero-order valence-corrected chi connectivity index (χ0v) is 37.2. The van der Waals surface area contributed by atoms with Crippen LogP contribution in [0.4, 0.5) is 45.2 Å². The molecule has 0 radical (unpaired) electrons. The van der Waals surface area contributed by atoms with Crippen molar-refractivity contribution in [3.05, 3.63) is 216 Å². The van der Waals surface area contributed by atoms with Gasteiger partial charge in [0.2, 0.25) is 0 Å². The summed E-state index contributed by atoms with van der Waals surface area (Å²) in [6, 6.07) is 42.5. The molecule has 0 bridgehead atoms. The van der Waals surface area contributed by atoms with Gasteiger partial charge in [-0.05, 0) is 97.1 Å². The Hall–Kier alpha value is -7.93. The lowest BCUT2D eigenvalue weighted by atomic mass is 9.90. The third-order valence-electron chi connectivity index (χ3n) is 11.4. The number of alkyl halides is 9. The molecule has 13 heteroatoms. The molecule has 1 aliphatic heterocycles. The second kappa shape index (κ2) is 19.4. The molecule has 4 nitrogen and oxygen atoms in total. The van der Waals surface area contributed by atoms with Crippen LogP contribution in [0, 0.1) is 0 Å². The van der Waals surface area contributed by atoms with E-state index in [1.54, 1.807) is 0 Å². The van der Waals surface area contributed by atoms with Crippen LogP contribution in [0.5, 0.6) is 0 Å². The molecule has 350 valence electrons. The van der Waals surface area contributed by atoms with Gasteiger partial charge in [0, 0.05) is 21.9 Å². The highest BCUT2D eigenvalue weighted by atomic mass is 19.4. The topological polar surface area (TPSA) is 42.3 Å². The summed E-state index contributed by atoms with van der Waals surface area (Å²) in [6.45, 7) is 11.2. The Morgan fingerprint density at radius 2 is 0.913 bits per heavy atom. The summed E-state index contributed by atoms with van der Waals surface area (Å²) in [4.78, 5) is 30.9. The van der Waals surface area contributed by atoms with Gasteiger partial charge in [-0.1, -0.05) is 135 Å². The Morgan fingerprint density at radius 3 is 1.29 bits per heavy atom. The van der Waals surface area contributed by atoms with E-state index in [4.69, 9.17) is 0 Å². The predicted octanol–water partition coefficient (Wildman–Crippen LogP) is 16.9. The number of allylic oxidation sites excluding steroid dienone is 4. The van der Waals surface area contributed by atoms with Crippen LogP contribution in [0.3, 0.4) is 0 Å². The molecule has 0 N–H and O–H groups in total. The van der Waals surface area contributed by atoms with Crippen LogP contribution in [0.1, 0.15) is 52.6 Å². The number of hydrogen-bond donors (Lipinski definition) is 0. The van der Waals surface area contributed by atoms with Crippen molar-refractivity contribution in [2.24, 2.45) is 0 Å². The number of carbonyl (C=O) groups excluding carboxylic acids is 2. The van der Waals surface area contributed by atoms with Gasteiger partial charge >= 0.3 is 18.5 Å². The monoisotopic (exact) mass is 944 g/mol. The van der Waals surface area contributed by atoms with E-state index >= 15 is 4.79 Å². The number of fused-ring (bicyclic) bond motifs is 4. The van der Waals surface area contributed by atoms with E-state index in [1.807, 2.05) is 129 Å². The number of amides is 2. The molecule has 0 fully saturated rings. The minimum absolute atomic E-state index is 0.0366. The maximum Gasteiger partial charge on any atom is 0.417 e. The Morgan fingerprint density at radius 1 is 0.493 bits per heavy atom. The fourth-order valence-corrected chi connectivity index (χ4v) is 8.09. The Kier molecular flexibility index (Phi) is 13.7. The Balaban J connectivity index is 0.000000478. The molecule has 0 aliphatic carbocycles. The van der Waals surface area contributed by atoms with E-state index in [2.05, 4.69) is 13.2 Å². The van der Waals surface area contributed by atoms with Crippen LogP contribution >= 0.6 is 0 Å². The summed E-state index contributed by atoms with van der Waals surface area (Å²) < 4.78 is 123. The van der Waals surface area contributed by atoms with Gasteiger partial charge in [-0.25, -0.2) is 4.90 Å². The molecular formula is C56H41F9N2O2. The molecule has 0 saturated carbocycles. The molecule has 9 rings (SSSR count). The molecule has 8 aromatic rings. The summed E-state index contributed by atoms with van der Waals surface area (Å²) in [6.07, 6.45) is -10.3. The molecular weight excluding hydrogens is 904 g/mol. The van der Waals surface area contributed by atoms with Crippen LogP contribution in [0.2, 0.25) is 0 Å². The number of hydrogen-bond acceptors (Lipinski definition) is 2. The van der Waals surface area contributed by atoms with Crippen LogP contribution in [0.25, 0.3) is 60.9 Å². The second-order valence-corrected chi connectivity index (χ2v) is 15.8. The minimum atomic E-state index is -5.01. The highest BCUT2D eigenvalue weighted by Gasteiger charge is 2.43. The van der Waals surface area contributed by atoms with Gasteiger partial charge in [0.25, 0.3) is 11.8 Å². The number of anilines is 1. The predicted molar refractivity (Wildman–Crippen MR) is 255 cm³/mol. The lowest BCUT2D eigenvalue weighted by Crippen LogP contribution is -2.30. The van der Waals surface area contributed by atoms with Gasteiger partial charge in [-0.15, -0.1) is 0 Å². The highest BCUT2D eigenvalue weighted by molar-refractivity contribution is 6.37. The van der Waals surface area contributed by atoms with Gasteiger partial charge in [0.1, 0.15) is 0 Å². The van der Waals surface area contributed by atoms with Crippen molar-refractivity contribution in [2.75, 3.05) is 4.90 Å². The zero-order valence-electron chi connectivity index (χ0n) is 37.2. The van der Waals surface area contributed by atoms with Gasteiger partial charge in [-0.3, -0.25) is 9.59 Å². The van der Waals surface area contributed by atoms with Crippen molar-refractivity contribution in [3.8, 4) is 39.1 Å². The highest BCUT2D eigenvalue weighted by Crippen LogP contribution is 2.49. The first-order valence-electron chi connectivity index (χ1n) is 21.3. The lowest BCUT2D eigenvalue weighted by Gasteiger charge is -2.24. The minimum Gasteiger partial charge on any atom is -0.308 e. The number of carbonyl (C=O) groups is 2. The molecule has 2 amide bonds. The number of imide groups is 1. The van der Waals surface area contributed by atoms with Crippen LogP contribution in [0.15, 0.2) is 194 Å². The molecule has 69 heavy (non-hydrogen) atoms. The average Bonchev–Trinajstić information content (AvgIpc) is 3.81. The molecule has 1 aliphatic rings. The van der Waals surface area contributed by atoms with Gasteiger partial charge in [0.15, 0.2) is 0 Å². The fourth-order valence-electron chi connectivity index (χ4n) is 8.09. The van der Waals surface area contributed by atoms with E-state index in [9.17, 15) is 44.3 Å². The van der Waals surface area contributed by atoms with Crippen LogP contribution in [-0.2, 0) is 12.4 Å². The maximum atomic E-state index is 15.1. The SMILES string of the molecule is C/C=C\C.C=C(C)C(=C)C(F)(F)F.O=C1c2cccc(-n3c4cccc(C(F)(F)F)c4c4c(C(F)(F)F)cccc43)c2C(=O)N1c1c(-c2ccccc2)cc(-c2ccccc2)cc1-c1ccccc1. The number of benzene rings is 7. The largest absolute Gasteiger partial charge is 0.417 e. The van der Waals surface area contributed by atoms with E-state index in [-0.39, 0.29) is 39.1 Å². The first-order valence-corrected chi connectivity index (χ1v) is 21.3. The normalized spacial score (nSPS) is 12.7. The number of aromatic nitrogens is 1. The van der Waals surface area contributed by atoms with Crippen molar-refractivity contribution >= 4 is 39.3 Å². The van der Waals surface area contributed by atoms with Crippen molar-refractivity contribution < 1.29 is 49.1 Å². The summed E-state index contributed by atoms with van der Waals surface area (Å²) in [7, 11) is 0. The van der Waals surface area contributed by atoms with Crippen LogP contribution < -0.4 is 4.90 Å². The standard InChI is InChI=1S/C46H26F6N2O2.C6H7F3.C4H8/c47-45(48,49)34-20-11-23-37-40(34)41-35(46(50,51)52)21-12-24-38(41)53(37)36-22-10-19-31-39(36)44(56)54(43(31)55)42-32(28-15-6-2-7-16-28)25-30(27-13-4-1-5-14-27)26-33(42)29-17-8-3-9-18-29;1-4(2)5(3)6(7,8)9;1-3-4-2/h1-26H;1,3H2,2H3;3-4H,1-2H3/b;;4-3-. The van der Waals surface area contributed by atoms with Gasteiger partial charge < -0.3 is 4.57 Å². The molecule has 0 saturated heterocycles. The molecule has 7 aromatic carbocycles. The van der Waals surface area contributed by atoms with Crippen molar-refractivity contribution in [3.63, 3.8) is 0 Å². The Labute approximate surface area is 391 Å². The van der Waals surface area contributed by atoms with Gasteiger partial charge in [0.05, 0.1) is 50.2 Å². The van der Waals surface area contributed by atoms with Crippen molar-refractivity contribution in [1.82, 2.24) is 4.57 Å². The quantitative estimate of drug-likeness (QED) is 0.0721. The maximum absolute atomic E-state index is 15.1. The second-order valence-electron chi connectivity index (χ2n) is 15.8. The first kappa shape index (κ1) is 49.0. The van der Waals surface area contributed by atoms with Crippen LogP contribution in [-0.4, -0.2) is 22.6 Å². The lowest BCUT2D eigenvalue weighted by molar-refractivity contribution is -0.138. The molecule has 1 aromatic heterocycles. The first-order chi connectivity index (χ1) is 32.7. The third-order valence-corrected chi connectivity index (χ3v) is 11.4. The summed E-state index contributed by atoms with van der Waals surface area (Å²) in [5, 5.41) is -1.33. The molecule has 2 heterocycles. The van der Waals surface area contributed by atoms with Crippen molar-refractivity contribution in [2.45, 2.75) is 39.3 Å². The average molecular weight is 945 g/mol. The van der Waals surface area contributed by atoms with Gasteiger partial charge in [-0.2, -0.15) is 39.5 Å². The van der Waals surface area contributed by atoms with E-state index in [1.165, 1.54) is 41.8 Å². The number of halogens is 9. The van der Waals surface area contributed by atoms with E-state index in [0.29, 0.717) is 22.3 Å².